The van der Waals surface area contributed by atoms with E-state index < -0.39 is 10.0 Å². The molecule has 0 saturated carbocycles. The average molecular weight is 412 g/mol. The number of nitrogens with one attached hydrogen (secondary N) is 1. The van der Waals surface area contributed by atoms with E-state index >= 15 is 0 Å². The zero-order valence-electron chi connectivity index (χ0n) is 16.8. The largest absolute Gasteiger partial charge is 0.355 e. The van der Waals surface area contributed by atoms with Crippen molar-refractivity contribution < 1.29 is 8.42 Å². The third-order valence-electron chi connectivity index (χ3n) is 5.17. The molecule has 3 aromatic rings. The molecular weight excluding hydrogens is 386 g/mol. The lowest BCUT2D eigenvalue weighted by molar-refractivity contribution is 0.469. The SMILES string of the molecule is Cc1ccc(Nc2cc(C)nc([C@H]3CCN(S(=O)(=O)c4cn(C)cn4)C3)c2)cc1. The number of aryl methyl sites for hydroxylation is 3. The average Bonchev–Trinajstić information content (AvgIpc) is 3.33. The molecule has 7 nitrogen and oxygen atoms in total. The molecule has 0 unspecified atom stereocenters. The molecule has 1 aliphatic heterocycles. The second-order valence-electron chi connectivity index (χ2n) is 7.64. The van der Waals surface area contributed by atoms with Crippen LogP contribution in [0.5, 0.6) is 0 Å². The van der Waals surface area contributed by atoms with Crippen molar-refractivity contribution in [3.8, 4) is 0 Å². The molecule has 1 saturated heterocycles. The van der Waals surface area contributed by atoms with Crippen LogP contribution in [0.3, 0.4) is 0 Å². The van der Waals surface area contributed by atoms with Crippen molar-refractivity contribution in [3.63, 3.8) is 0 Å². The second-order valence-corrected chi connectivity index (χ2v) is 9.52. The quantitative estimate of drug-likeness (QED) is 0.696. The van der Waals surface area contributed by atoms with E-state index in [9.17, 15) is 8.42 Å². The summed E-state index contributed by atoms with van der Waals surface area (Å²) in [6.07, 6.45) is 3.79. The fraction of sp³-hybridized carbons (Fsp3) is 0.333. The molecule has 1 N–H and O–H groups in total. The van der Waals surface area contributed by atoms with Crippen LogP contribution in [0, 0.1) is 13.8 Å². The van der Waals surface area contributed by atoms with E-state index in [2.05, 4.69) is 34.3 Å². The molecule has 2 aromatic heterocycles. The van der Waals surface area contributed by atoms with Crippen molar-refractivity contribution in [2.45, 2.75) is 31.2 Å². The minimum atomic E-state index is -3.57. The van der Waals surface area contributed by atoms with Gasteiger partial charge in [-0.1, -0.05) is 17.7 Å². The summed E-state index contributed by atoms with van der Waals surface area (Å²) >= 11 is 0. The molecule has 152 valence electrons. The Morgan fingerprint density at radius 2 is 1.86 bits per heavy atom. The summed E-state index contributed by atoms with van der Waals surface area (Å²) in [5.41, 5.74) is 5.00. The summed E-state index contributed by atoms with van der Waals surface area (Å²) in [4.78, 5) is 8.70. The highest BCUT2D eigenvalue weighted by atomic mass is 32.2. The predicted octanol–water partition coefficient (Wildman–Crippen LogP) is 3.35. The van der Waals surface area contributed by atoms with E-state index in [-0.39, 0.29) is 10.9 Å². The van der Waals surface area contributed by atoms with Crippen LogP contribution >= 0.6 is 0 Å². The number of rotatable bonds is 5. The smallest absolute Gasteiger partial charge is 0.262 e. The van der Waals surface area contributed by atoms with Gasteiger partial charge in [-0.2, -0.15) is 4.31 Å². The molecular formula is C21H25N5O2S. The first-order valence-corrected chi connectivity index (χ1v) is 11.1. The maximum atomic E-state index is 12.8. The number of imidazole rings is 1. The highest BCUT2D eigenvalue weighted by Crippen LogP contribution is 2.31. The lowest BCUT2D eigenvalue weighted by Gasteiger charge is -2.16. The second kappa shape index (κ2) is 7.61. The fourth-order valence-electron chi connectivity index (χ4n) is 3.62. The fourth-order valence-corrected chi connectivity index (χ4v) is 5.09. The molecule has 1 fully saturated rings. The first-order chi connectivity index (χ1) is 13.8. The number of nitrogens with zero attached hydrogens (tertiary/aromatic N) is 4. The molecule has 0 aliphatic carbocycles. The van der Waals surface area contributed by atoms with Crippen molar-refractivity contribution in [1.82, 2.24) is 18.8 Å². The molecule has 1 aromatic carbocycles. The van der Waals surface area contributed by atoms with Crippen LogP contribution in [0.25, 0.3) is 0 Å². The van der Waals surface area contributed by atoms with Crippen molar-refractivity contribution in [2.24, 2.45) is 7.05 Å². The summed E-state index contributed by atoms with van der Waals surface area (Å²) in [5.74, 6) is 0.0620. The number of hydrogen-bond donors (Lipinski definition) is 1. The number of aromatic nitrogens is 3. The third-order valence-corrected chi connectivity index (χ3v) is 6.92. The molecule has 0 amide bonds. The Labute approximate surface area is 171 Å². The van der Waals surface area contributed by atoms with Crippen LogP contribution in [0.15, 0.2) is 53.9 Å². The van der Waals surface area contributed by atoms with Gasteiger partial charge in [-0.3, -0.25) is 4.98 Å². The molecule has 8 heteroatoms. The first kappa shape index (κ1) is 19.6. The molecule has 4 rings (SSSR count). The molecule has 0 radical (unpaired) electrons. The maximum absolute atomic E-state index is 12.8. The summed E-state index contributed by atoms with van der Waals surface area (Å²) in [5, 5.41) is 3.52. The van der Waals surface area contributed by atoms with Crippen LogP contribution in [-0.2, 0) is 17.1 Å². The summed E-state index contributed by atoms with van der Waals surface area (Å²) in [7, 11) is -1.81. The van der Waals surface area contributed by atoms with E-state index in [1.165, 1.54) is 22.4 Å². The minimum Gasteiger partial charge on any atom is -0.355 e. The van der Waals surface area contributed by atoms with Gasteiger partial charge in [0, 0.05) is 55.0 Å². The van der Waals surface area contributed by atoms with Crippen LogP contribution in [-0.4, -0.2) is 40.3 Å². The van der Waals surface area contributed by atoms with Gasteiger partial charge in [-0.15, -0.1) is 0 Å². The van der Waals surface area contributed by atoms with Gasteiger partial charge in [0.05, 0.1) is 6.33 Å². The van der Waals surface area contributed by atoms with Crippen molar-refractivity contribution in [1.29, 1.82) is 0 Å². The zero-order chi connectivity index (χ0) is 20.6. The molecule has 0 spiro atoms. The van der Waals surface area contributed by atoms with Gasteiger partial charge in [-0.05, 0) is 44.5 Å². The van der Waals surface area contributed by atoms with Crippen molar-refractivity contribution >= 4 is 21.4 Å². The number of benzene rings is 1. The van der Waals surface area contributed by atoms with Crippen LogP contribution in [0.1, 0.15) is 29.3 Å². The summed E-state index contributed by atoms with van der Waals surface area (Å²) in [6, 6.07) is 12.2. The van der Waals surface area contributed by atoms with Crippen LogP contribution < -0.4 is 5.32 Å². The minimum absolute atomic E-state index is 0.0620. The number of pyridine rings is 1. The lowest BCUT2D eigenvalue weighted by atomic mass is 10.0. The molecule has 29 heavy (non-hydrogen) atoms. The van der Waals surface area contributed by atoms with Gasteiger partial charge in [0.25, 0.3) is 10.0 Å². The monoisotopic (exact) mass is 411 g/mol. The van der Waals surface area contributed by atoms with E-state index in [1.807, 2.05) is 31.2 Å². The van der Waals surface area contributed by atoms with Gasteiger partial charge in [0.15, 0.2) is 5.03 Å². The number of anilines is 2. The van der Waals surface area contributed by atoms with Crippen LogP contribution in [0.2, 0.25) is 0 Å². The van der Waals surface area contributed by atoms with Gasteiger partial charge in [0.1, 0.15) is 0 Å². The third kappa shape index (κ3) is 4.18. The van der Waals surface area contributed by atoms with Gasteiger partial charge in [0.2, 0.25) is 0 Å². The Kier molecular flexibility index (Phi) is 5.14. The lowest BCUT2D eigenvalue weighted by Crippen LogP contribution is -2.29. The number of sulfonamides is 1. The highest BCUT2D eigenvalue weighted by Gasteiger charge is 2.35. The maximum Gasteiger partial charge on any atom is 0.262 e. The molecule has 1 atom stereocenters. The van der Waals surface area contributed by atoms with Crippen LogP contribution in [0.4, 0.5) is 11.4 Å². The topological polar surface area (TPSA) is 80.1 Å². The first-order valence-electron chi connectivity index (χ1n) is 9.62. The van der Waals surface area contributed by atoms with Gasteiger partial charge in [-0.25, -0.2) is 13.4 Å². The Bertz CT molecular complexity index is 1120. The normalized spacial score (nSPS) is 17.6. The predicted molar refractivity (Wildman–Crippen MR) is 113 cm³/mol. The highest BCUT2D eigenvalue weighted by molar-refractivity contribution is 7.89. The Morgan fingerprint density at radius 1 is 1.10 bits per heavy atom. The molecule has 3 heterocycles. The van der Waals surface area contributed by atoms with E-state index in [0.717, 1.165) is 29.2 Å². The van der Waals surface area contributed by atoms with E-state index in [0.29, 0.717) is 13.1 Å². The van der Waals surface area contributed by atoms with Crippen molar-refractivity contribution in [3.05, 3.63) is 65.9 Å². The number of hydrogen-bond acceptors (Lipinski definition) is 5. The Morgan fingerprint density at radius 3 is 2.55 bits per heavy atom. The standard InChI is InChI=1S/C21H25N5O2S/c1-15-4-6-18(7-5-15)24-19-10-16(2)23-20(11-19)17-8-9-26(12-17)29(27,28)21-13-25(3)14-22-21/h4-7,10-11,13-14,17H,8-9,12H2,1-3H3,(H,23,24)/t17-/m0/s1. The van der Waals surface area contributed by atoms with Crippen molar-refractivity contribution in [2.75, 3.05) is 18.4 Å². The Hall–Kier alpha value is -2.71. The summed E-state index contributed by atoms with van der Waals surface area (Å²) < 4.78 is 28.8. The van der Waals surface area contributed by atoms with Gasteiger partial charge < -0.3 is 9.88 Å². The van der Waals surface area contributed by atoms with Gasteiger partial charge >= 0.3 is 0 Å². The summed E-state index contributed by atoms with van der Waals surface area (Å²) in [6.45, 7) is 4.91. The Balaban J connectivity index is 1.53. The van der Waals surface area contributed by atoms with E-state index in [4.69, 9.17) is 0 Å². The molecule has 1 aliphatic rings. The zero-order valence-corrected chi connectivity index (χ0v) is 17.6. The van der Waals surface area contributed by atoms with E-state index in [1.54, 1.807) is 11.6 Å². The molecule has 0 bridgehead atoms.